The maximum Gasteiger partial charge on any atom is 0.230 e. The first kappa shape index (κ1) is 13.1. The normalized spacial score (nSPS) is 13.8. The number of hydrogen-bond donors (Lipinski definition) is 2. The summed E-state index contributed by atoms with van der Waals surface area (Å²) < 4.78 is 0. The number of nitrogens with two attached hydrogens (primary N) is 1. The van der Waals surface area contributed by atoms with Crippen LogP contribution in [0.3, 0.4) is 0 Å². The molecule has 0 atom stereocenters. The Kier molecular flexibility index (Phi) is 3.69. The molecule has 20 heavy (non-hydrogen) atoms. The highest BCUT2D eigenvalue weighted by atomic mass is 32.1. The molecule has 0 bridgehead atoms. The van der Waals surface area contributed by atoms with Crippen molar-refractivity contribution in [3.05, 3.63) is 40.4 Å². The SMILES string of the molecule is Nc1ccc(CC(=O)Nc2nc3c(s2)CCCC3)cc1. The minimum absolute atomic E-state index is 0.0270. The van der Waals surface area contributed by atoms with Crippen LogP contribution in [0.5, 0.6) is 0 Å². The van der Waals surface area contributed by atoms with Crippen molar-refractivity contribution in [3.8, 4) is 0 Å². The zero-order valence-corrected chi connectivity index (χ0v) is 12.0. The van der Waals surface area contributed by atoms with Crippen LogP contribution in [0.1, 0.15) is 29.0 Å². The van der Waals surface area contributed by atoms with Gasteiger partial charge in [-0.2, -0.15) is 0 Å². The molecule has 0 fully saturated rings. The van der Waals surface area contributed by atoms with Crippen molar-refractivity contribution in [1.82, 2.24) is 4.98 Å². The van der Waals surface area contributed by atoms with E-state index in [1.807, 2.05) is 24.3 Å². The fraction of sp³-hybridized carbons (Fsp3) is 0.333. The first-order valence-electron chi connectivity index (χ1n) is 6.83. The van der Waals surface area contributed by atoms with Crippen LogP contribution in [0.2, 0.25) is 0 Å². The molecule has 0 saturated carbocycles. The Morgan fingerprint density at radius 3 is 2.75 bits per heavy atom. The number of thiazole rings is 1. The molecule has 1 aliphatic carbocycles. The second kappa shape index (κ2) is 5.63. The molecular formula is C15H17N3OS. The number of nitrogen functional groups attached to an aromatic ring is 1. The Morgan fingerprint density at radius 2 is 2.00 bits per heavy atom. The van der Waals surface area contributed by atoms with Crippen molar-refractivity contribution in [2.45, 2.75) is 32.1 Å². The number of benzene rings is 1. The van der Waals surface area contributed by atoms with Gasteiger partial charge >= 0.3 is 0 Å². The lowest BCUT2D eigenvalue weighted by atomic mass is 10.0. The Hall–Kier alpha value is -1.88. The lowest BCUT2D eigenvalue weighted by Gasteiger charge is -2.06. The summed E-state index contributed by atoms with van der Waals surface area (Å²) >= 11 is 1.61. The van der Waals surface area contributed by atoms with Crippen LogP contribution in [0.25, 0.3) is 0 Å². The van der Waals surface area contributed by atoms with Crippen LogP contribution >= 0.6 is 11.3 Å². The number of anilines is 2. The average Bonchev–Trinajstić information content (AvgIpc) is 2.83. The van der Waals surface area contributed by atoms with Crippen LogP contribution in [0.15, 0.2) is 24.3 Å². The number of carbonyl (C=O) groups excluding carboxylic acids is 1. The summed E-state index contributed by atoms with van der Waals surface area (Å²) in [5, 5.41) is 3.63. The molecule has 0 unspecified atom stereocenters. The van der Waals surface area contributed by atoms with Gasteiger partial charge < -0.3 is 11.1 Å². The molecule has 1 heterocycles. The lowest BCUT2D eigenvalue weighted by Crippen LogP contribution is -2.14. The monoisotopic (exact) mass is 287 g/mol. The molecule has 1 aromatic carbocycles. The van der Waals surface area contributed by atoms with Gasteiger partial charge in [0.15, 0.2) is 5.13 Å². The highest BCUT2D eigenvalue weighted by Crippen LogP contribution is 2.29. The molecule has 1 amide bonds. The molecule has 3 rings (SSSR count). The number of fused-ring (bicyclic) bond motifs is 1. The maximum atomic E-state index is 12.0. The third-order valence-corrected chi connectivity index (χ3v) is 4.51. The van der Waals surface area contributed by atoms with Gasteiger partial charge in [-0.25, -0.2) is 4.98 Å². The Morgan fingerprint density at radius 1 is 1.25 bits per heavy atom. The van der Waals surface area contributed by atoms with E-state index >= 15 is 0 Å². The summed E-state index contributed by atoms with van der Waals surface area (Å²) in [7, 11) is 0. The molecular weight excluding hydrogens is 270 g/mol. The zero-order valence-electron chi connectivity index (χ0n) is 11.2. The minimum Gasteiger partial charge on any atom is -0.399 e. The van der Waals surface area contributed by atoms with E-state index in [1.54, 1.807) is 11.3 Å². The summed E-state index contributed by atoms with van der Waals surface area (Å²) in [4.78, 5) is 17.8. The number of nitrogens with one attached hydrogen (secondary N) is 1. The predicted molar refractivity (Wildman–Crippen MR) is 81.9 cm³/mol. The van der Waals surface area contributed by atoms with Crippen LogP contribution in [-0.4, -0.2) is 10.9 Å². The Labute approximate surface area is 122 Å². The van der Waals surface area contributed by atoms with Crippen molar-refractivity contribution in [2.75, 3.05) is 11.1 Å². The summed E-state index contributed by atoms with van der Waals surface area (Å²) in [6, 6.07) is 7.37. The van der Waals surface area contributed by atoms with Gasteiger partial charge in [-0.15, -0.1) is 11.3 Å². The van der Waals surface area contributed by atoms with Gasteiger partial charge in [-0.1, -0.05) is 12.1 Å². The van der Waals surface area contributed by atoms with E-state index in [0.29, 0.717) is 12.1 Å². The molecule has 5 heteroatoms. The van der Waals surface area contributed by atoms with Gasteiger partial charge in [0, 0.05) is 10.6 Å². The van der Waals surface area contributed by atoms with E-state index < -0.39 is 0 Å². The van der Waals surface area contributed by atoms with Crippen LogP contribution in [-0.2, 0) is 24.1 Å². The average molecular weight is 287 g/mol. The summed E-state index contributed by atoms with van der Waals surface area (Å²) in [6.07, 6.45) is 4.93. The van der Waals surface area contributed by atoms with E-state index in [4.69, 9.17) is 5.73 Å². The lowest BCUT2D eigenvalue weighted by molar-refractivity contribution is -0.115. The molecule has 104 valence electrons. The third-order valence-electron chi connectivity index (χ3n) is 3.44. The van der Waals surface area contributed by atoms with Crippen molar-refractivity contribution in [1.29, 1.82) is 0 Å². The van der Waals surface area contributed by atoms with E-state index in [1.165, 1.54) is 23.4 Å². The second-order valence-electron chi connectivity index (χ2n) is 5.06. The Bertz CT molecular complexity index is 595. The molecule has 1 aliphatic rings. The van der Waals surface area contributed by atoms with Crippen LogP contribution in [0, 0.1) is 0 Å². The first-order valence-corrected chi connectivity index (χ1v) is 7.65. The predicted octanol–water partition coefficient (Wildman–Crippen LogP) is 2.79. The van der Waals surface area contributed by atoms with Gasteiger partial charge in [0.25, 0.3) is 0 Å². The van der Waals surface area contributed by atoms with E-state index in [9.17, 15) is 4.79 Å². The highest BCUT2D eigenvalue weighted by molar-refractivity contribution is 7.15. The molecule has 2 aromatic rings. The molecule has 1 aromatic heterocycles. The molecule has 0 saturated heterocycles. The summed E-state index contributed by atoms with van der Waals surface area (Å²) in [5.74, 6) is -0.0270. The fourth-order valence-corrected chi connectivity index (χ4v) is 3.46. The topological polar surface area (TPSA) is 68.0 Å². The van der Waals surface area contributed by atoms with Crippen molar-refractivity contribution in [2.24, 2.45) is 0 Å². The van der Waals surface area contributed by atoms with Gasteiger partial charge in [-0.05, 0) is 43.4 Å². The molecule has 0 spiro atoms. The third kappa shape index (κ3) is 2.99. The molecule has 0 radical (unpaired) electrons. The van der Waals surface area contributed by atoms with Gasteiger partial charge in [0.05, 0.1) is 12.1 Å². The Balaban J connectivity index is 1.63. The molecule has 0 aliphatic heterocycles. The number of hydrogen-bond acceptors (Lipinski definition) is 4. The number of aromatic nitrogens is 1. The van der Waals surface area contributed by atoms with E-state index in [-0.39, 0.29) is 5.91 Å². The number of nitrogens with zero attached hydrogens (tertiary/aromatic N) is 1. The number of aryl methyl sites for hydroxylation is 2. The molecule has 4 nitrogen and oxygen atoms in total. The van der Waals surface area contributed by atoms with Crippen molar-refractivity contribution in [3.63, 3.8) is 0 Å². The smallest absolute Gasteiger partial charge is 0.230 e. The van der Waals surface area contributed by atoms with Gasteiger partial charge in [-0.3, -0.25) is 4.79 Å². The van der Waals surface area contributed by atoms with Crippen LogP contribution in [0.4, 0.5) is 10.8 Å². The zero-order chi connectivity index (χ0) is 13.9. The standard InChI is InChI=1S/C15H17N3OS/c16-11-7-5-10(6-8-11)9-14(19)18-15-17-12-3-1-2-4-13(12)20-15/h5-8H,1-4,9,16H2,(H,17,18,19). The summed E-state index contributed by atoms with van der Waals surface area (Å²) in [5.41, 5.74) is 8.46. The second-order valence-corrected chi connectivity index (χ2v) is 6.15. The van der Waals surface area contributed by atoms with Gasteiger partial charge in [0.1, 0.15) is 0 Å². The number of amides is 1. The highest BCUT2D eigenvalue weighted by Gasteiger charge is 2.16. The van der Waals surface area contributed by atoms with E-state index in [2.05, 4.69) is 10.3 Å². The van der Waals surface area contributed by atoms with Crippen molar-refractivity contribution >= 4 is 28.1 Å². The quantitative estimate of drug-likeness (QED) is 0.853. The first-order chi connectivity index (χ1) is 9.70. The van der Waals surface area contributed by atoms with E-state index in [0.717, 1.165) is 23.5 Å². The van der Waals surface area contributed by atoms with Crippen molar-refractivity contribution < 1.29 is 4.79 Å². The minimum atomic E-state index is -0.0270. The fourth-order valence-electron chi connectivity index (χ4n) is 2.39. The summed E-state index contributed by atoms with van der Waals surface area (Å²) in [6.45, 7) is 0. The number of carbonyl (C=O) groups is 1. The number of rotatable bonds is 3. The largest absolute Gasteiger partial charge is 0.399 e. The van der Waals surface area contributed by atoms with Gasteiger partial charge in [0.2, 0.25) is 5.91 Å². The van der Waals surface area contributed by atoms with Crippen LogP contribution < -0.4 is 11.1 Å². The molecule has 3 N–H and O–H groups in total. The maximum absolute atomic E-state index is 12.0.